The summed E-state index contributed by atoms with van der Waals surface area (Å²) >= 11 is 0. The van der Waals surface area contributed by atoms with Crippen molar-refractivity contribution in [1.29, 1.82) is 0 Å². The van der Waals surface area contributed by atoms with Crippen molar-refractivity contribution in [3.63, 3.8) is 0 Å². The van der Waals surface area contributed by atoms with Crippen molar-refractivity contribution in [3.8, 4) is 0 Å². The number of imidazole rings is 1. The summed E-state index contributed by atoms with van der Waals surface area (Å²) in [5, 5.41) is 0. The van der Waals surface area contributed by atoms with Gasteiger partial charge in [0.05, 0.1) is 17.7 Å². The molecule has 1 aromatic heterocycles. The zero-order chi connectivity index (χ0) is 14.1. The first kappa shape index (κ1) is 13.1. The van der Waals surface area contributed by atoms with E-state index in [9.17, 15) is 0 Å². The minimum Gasteiger partial charge on any atom is -0.314 e. The number of likely N-dealkylation sites (tertiary alicyclic amines) is 1. The first-order valence-electron chi connectivity index (χ1n) is 8.24. The number of nitrogens with zero attached hydrogens (tertiary/aromatic N) is 3. The monoisotopic (exact) mass is 281 g/mol. The summed E-state index contributed by atoms with van der Waals surface area (Å²) in [5.74, 6) is 1.89. The van der Waals surface area contributed by atoms with Gasteiger partial charge < -0.3 is 4.57 Å². The summed E-state index contributed by atoms with van der Waals surface area (Å²) in [5.41, 5.74) is 2.45. The Kier molecular flexibility index (Phi) is 3.52. The molecular formula is C18H23N3. The van der Waals surface area contributed by atoms with Gasteiger partial charge >= 0.3 is 0 Å². The molecule has 0 N–H and O–H groups in total. The van der Waals surface area contributed by atoms with Gasteiger partial charge in [-0.05, 0) is 57.3 Å². The molecule has 2 heterocycles. The lowest BCUT2D eigenvalue weighted by molar-refractivity contribution is 0.267. The topological polar surface area (TPSA) is 21.1 Å². The highest BCUT2D eigenvalue weighted by molar-refractivity contribution is 5.76. The van der Waals surface area contributed by atoms with Crippen molar-refractivity contribution in [1.82, 2.24) is 14.5 Å². The van der Waals surface area contributed by atoms with E-state index in [1.165, 1.54) is 50.1 Å². The van der Waals surface area contributed by atoms with Crippen LogP contribution in [0, 0.1) is 0 Å². The van der Waals surface area contributed by atoms with Crippen molar-refractivity contribution in [2.75, 3.05) is 13.1 Å². The molecule has 2 aromatic rings. The van der Waals surface area contributed by atoms with Crippen molar-refractivity contribution < 1.29 is 0 Å². The first-order chi connectivity index (χ1) is 10.4. The number of hydrogen-bond donors (Lipinski definition) is 0. The molecule has 1 aliphatic heterocycles. The van der Waals surface area contributed by atoms with Crippen LogP contribution in [0.25, 0.3) is 11.0 Å². The SMILES string of the molecule is C1=CCC(c2nc3ccccc3n2CN2CCCC2)CC1. The number of hydrogen-bond acceptors (Lipinski definition) is 2. The van der Waals surface area contributed by atoms with Crippen LogP contribution in [0.2, 0.25) is 0 Å². The van der Waals surface area contributed by atoms with Crippen LogP contribution < -0.4 is 0 Å². The molecule has 110 valence electrons. The van der Waals surface area contributed by atoms with Gasteiger partial charge in [-0.3, -0.25) is 4.90 Å². The van der Waals surface area contributed by atoms with Crippen molar-refractivity contribution in [2.45, 2.75) is 44.7 Å². The molecule has 2 aliphatic rings. The smallest absolute Gasteiger partial charge is 0.114 e. The fourth-order valence-corrected chi connectivity index (χ4v) is 3.71. The molecule has 1 aromatic carbocycles. The highest BCUT2D eigenvalue weighted by atomic mass is 15.3. The molecule has 21 heavy (non-hydrogen) atoms. The fraction of sp³-hybridized carbons (Fsp3) is 0.500. The van der Waals surface area contributed by atoms with E-state index in [-0.39, 0.29) is 0 Å². The lowest BCUT2D eigenvalue weighted by atomic mass is 9.94. The van der Waals surface area contributed by atoms with E-state index in [2.05, 4.69) is 45.9 Å². The van der Waals surface area contributed by atoms with Crippen LogP contribution in [-0.2, 0) is 6.67 Å². The number of para-hydroxylation sites is 2. The molecule has 1 atom stereocenters. The van der Waals surface area contributed by atoms with Crippen LogP contribution in [0.5, 0.6) is 0 Å². The molecule has 0 amide bonds. The van der Waals surface area contributed by atoms with Gasteiger partial charge in [0.25, 0.3) is 0 Å². The summed E-state index contributed by atoms with van der Waals surface area (Å²) in [6, 6.07) is 8.60. The normalized spacial score (nSPS) is 23.1. The van der Waals surface area contributed by atoms with Crippen molar-refractivity contribution in [3.05, 3.63) is 42.2 Å². The second kappa shape index (κ2) is 5.64. The lowest BCUT2D eigenvalue weighted by Crippen LogP contribution is -2.25. The van der Waals surface area contributed by atoms with E-state index >= 15 is 0 Å². The Morgan fingerprint density at radius 1 is 1.10 bits per heavy atom. The van der Waals surface area contributed by atoms with Gasteiger partial charge in [0.1, 0.15) is 5.82 Å². The molecule has 0 saturated carbocycles. The Bertz CT molecular complexity index is 650. The van der Waals surface area contributed by atoms with Crippen molar-refractivity contribution >= 4 is 11.0 Å². The standard InChI is InChI=1S/C18H23N3/c1-2-8-15(9-3-1)18-19-16-10-4-5-11-17(16)21(18)14-20-12-6-7-13-20/h1-2,4-5,10-11,15H,3,6-9,12-14H2. The number of allylic oxidation sites excluding steroid dienone is 2. The molecule has 0 bridgehead atoms. The molecule has 4 rings (SSSR count). The average Bonchev–Trinajstić information content (AvgIpc) is 3.17. The van der Waals surface area contributed by atoms with E-state index < -0.39 is 0 Å². The Morgan fingerprint density at radius 3 is 2.76 bits per heavy atom. The highest BCUT2D eigenvalue weighted by Crippen LogP contribution is 2.31. The van der Waals surface area contributed by atoms with Crippen LogP contribution in [-0.4, -0.2) is 27.5 Å². The summed E-state index contributed by atoms with van der Waals surface area (Å²) < 4.78 is 2.48. The van der Waals surface area contributed by atoms with Crippen LogP contribution >= 0.6 is 0 Å². The van der Waals surface area contributed by atoms with Gasteiger partial charge in [-0.2, -0.15) is 0 Å². The molecule has 0 radical (unpaired) electrons. The Morgan fingerprint density at radius 2 is 1.95 bits per heavy atom. The molecule has 1 fully saturated rings. The zero-order valence-electron chi connectivity index (χ0n) is 12.5. The Hall–Kier alpha value is -1.61. The summed E-state index contributed by atoms with van der Waals surface area (Å²) in [4.78, 5) is 7.55. The molecule has 1 aliphatic carbocycles. The van der Waals surface area contributed by atoms with Crippen LogP contribution in [0.15, 0.2) is 36.4 Å². The Balaban J connectivity index is 1.74. The average molecular weight is 281 g/mol. The second-order valence-electron chi connectivity index (χ2n) is 6.33. The summed E-state index contributed by atoms with van der Waals surface area (Å²) in [6.07, 6.45) is 10.9. The summed E-state index contributed by atoms with van der Waals surface area (Å²) in [7, 11) is 0. The molecule has 1 unspecified atom stereocenters. The van der Waals surface area contributed by atoms with Gasteiger partial charge in [-0.25, -0.2) is 4.98 Å². The van der Waals surface area contributed by atoms with Gasteiger partial charge in [0.2, 0.25) is 0 Å². The molecule has 0 spiro atoms. The van der Waals surface area contributed by atoms with E-state index in [0.29, 0.717) is 5.92 Å². The van der Waals surface area contributed by atoms with Gasteiger partial charge in [0.15, 0.2) is 0 Å². The molecular weight excluding hydrogens is 258 g/mol. The van der Waals surface area contributed by atoms with Gasteiger partial charge in [0, 0.05) is 5.92 Å². The first-order valence-corrected chi connectivity index (χ1v) is 8.24. The lowest BCUT2D eigenvalue weighted by Gasteiger charge is -2.22. The second-order valence-corrected chi connectivity index (χ2v) is 6.33. The maximum Gasteiger partial charge on any atom is 0.114 e. The number of benzene rings is 1. The predicted molar refractivity (Wildman–Crippen MR) is 86.3 cm³/mol. The summed E-state index contributed by atoms with van der Waals surface area (Å²) in [6.45, 7) is 3.48. The number of aromatic nitrogens is 2. The third kappa shape index (κ3) is 2.51. The minimum atomic E-state index is 0.588. The third-order valence-corrected chi connectivity index (χ3v) is 4.86. The predicted octanol–water partition coefficient (Wildman–Crippen LogP) is 3.91. The van der Waals surface area contributed by atoms with E-state index in [1.54, 1.807) is 0 Å². The van der Waals surface area contributed by atoms with E-state index in [0.717, 1.165) is 18.6 Å². The van der Waals surface area contributed by atoms with Crippen LogP contribution in [0.4, 0.5) is 0 Å². The molecule has 3 heteroatoms. The molecule has 1 saturated heterocycles. The van der Waals surface area contributed by atoms with Gasteiger partial charge in [-0.15, -0.1) is 0 Å². The number of fused-ring (bicyclic) bond motifs is 1. The maximum absolute atomic E-state index is 4.98. The highest BCUT2D eigenvalue weighted by Gasteiger charge is 2.22. The minimum absolute atomic E-state index is 0.588. The molecule has 3 nitrogen and oxygen atoms in total. The Labute approximate surface area is 126 Å². The fourth-order valence-electron chi connectivity index (χ4n) is 3.71. The van der Waals surface area contributed by atoms with Crippen LogP contribution in [0.3, 0.4) is 0 Å². The van der Waals surface area contributed by atoms with Gasteiger partial charge in [-0.1, -0.05) is 24.3 Å². The zero-order valence-corrected chi connectivity index (χ0v) is 12.5. The quantitative estimate of drug-likeness (QED) is 0.795. The van der Waals surface area contributed by atoms with Crippen LogP contribution in [0.1, 0.15) is 43.8 Å². The van der Waals surface area contributed by atoms with Crippen molar-refractivity contribution in [2.24, 2.45) is 0 Å². The number of rotatable bonds is 3. The largest absolute Gasteiger partial charge is 0.314 e. The van der Waals surface area contributed by atoms with E-state index in [1.807, 2.05) is 0 Å². The van der Waals surface area contributed by atoms with E-state index in [4.69, 9.17) is 4.98 Å². The maximum atomic E-state index is 4.98. The third-order valence-electron chi connectivity index (χ3n) is 4.86.